The molecule has 0 radical (unpaired) electrons. The molecule has 0 amide bonds. The van der Waals surface area contributed by atoms with E-state index in [2.05, 4.69) is 20.8 Å². The van der Waals surface area contributed by atoms with Crippen molar-refractivity contribution in [2.45, 2.75) is 71.5 Å². The quantitative estimate of drug-likeness (QED) is 0.719. The lowest BCUT2D eigenvalue weighted by Gasteiger charge is -2.39. The molecule has 0 N–H and O–H groups in total. The lowest BCUT2D eigenvalue weighted by atomic mass is 9.70. The Labute approximate surface area is 116 Å². The fourth-order valence-corrected chi connectivity index (χ4v) is 4.45. The summed E-state index contributed by atoms with van der Waals surface area (Å²) in [6.45, 7) is 7.70. The summed E-state index contributed by atoms with van der Waals surface area (Å²) in [6, 6.07) is 0. The number of hydrogen-bond acceptors (Lipinski definition) is 3. The molecule has 3 aliphatic rings. The summed E-state index contributed by atoms with van der Waals surface area (Å²) < 4.78 is 11.4. The highest BCUT2D eigenvalue weighted by molar-refractivity contribution is 5.75. The van der Waals surface area contributed by atoms with E-state index >= 15 is 0 Å². The van der Waals surface area contributed by atoms with Crippen LogP contribution < -0.4 is 0 Å². The number of carbonyl (C=O) groups excluding carboxylic acids is 1. The molecule has 2 aliphatic carbocycles. The van der Waals surface area contributed by atoms with Crippen LogP contribution in [0.4, 0.5) is 0 Å². The van der Waals surface area contributed by atoms with E-state index in [0.717, 1.165) is 25.7 Å². The maximum Gasteiger partial charge on any atom is 0.335 e. The molecule has 2 bridgehead atoms. The van der Waals surface area contributed by atoms with Gasteiger partial charge in [-0.25, -0.2) is 4.79 Å². The first-order valence-corrected chi connectivity index (χ1v) is 7.77. The Morgan fingerprint density at radius 3 is 2.53 bits per heavy atom. The summed E-state index contributed by atoms with van der Waals surface area (Å²) in [7, 11) is 0. The Morgan fingerprint density at radius 2 is 2.00 bits per heavy atom. The molecule has 3 fully saturated rings. The minimum absolute atomic E-state index is 0.0966. The molecular formula is C16H26O3. The summed E-state index contributed by atoms with van der Waals surface area (Å²) in [5, 5.41) is 0. The van der Waals surface area contributed by atoms with E-state index in [-0.39, 0.29) is 23.6 Å². The van der Waals surface area contributed by atoms with Crippen molar-refractivity contribution >= 4 is 5.97 Å². The van der Waals surface area contributed by atoms with Gasteiger partial charge in [0.15, 0.2) is 6.10 Å². The summed E-state index contributed by atoms with van der Waals surface area (Å²) in [4.78, 5) is 12.2. The number of esters is 1. The molecule has 4 unspecified atom stereocenters. The van der Waals surface area contributed by atoms with Gasteiger partial charge in [0.25, 0.3) is 0 Å². The van der Waals surface area contributed by atoms with Crippen molar-refractivity contribution in [3.8, 4) is 0 Å². The van der Waals surface area contributed by atoms with E-state index < -0.39 is 0 Å². The Balaban J connectivity index is 1.66. The highest BCUT2D eigenvalue weighted by Gasteiger charge is 2.63. The Bertz CT molecular complexity index is 370. The number of fused-ring (bicyclic) bond motifs is 2. The zero-order valence-corrected chi connectivity index (χ0v) is 12.4. The highest BCUT2D eigenvalue weighted by atomic mass is 16.6. The zero-order valence-electron chi connectivity index (χ0n) is 12.4. The van der Waals surface area contributed by atoms with Gasteiger partial charge in [-0.15, -0.1) is 0 Å². The average Bonchev–Trinajstić information content (AvgIpc) is 2.73. The molecule has 1 heterocycles. The van der Waals surface area contributed by atoms with Gasteiger partial charge in [0.2, 0.25) is 0 Å². The van der Waals surface area contributed by atoms with Crippen LogP contribution in [-0.4, -0.2) is 24.8 Å². The van der Waals surface area contributed by atoms with Gasteiger partial charge in [-0.3, -0.25) is 0 Å². The van der Waals surface area contributed by atoms with Crippen LogP contribution in [0.1, 0.15) is 59.3 Å². The summed E-state index contributed by atoms with van der Waals surface area (Å²) in [5.41, 5.74) is 0.452. The fraction of sp³-hybridized carbons (Fsp3) is 0.938. The van der Waals surface area contributed by atoms with Crippen molar-refractivity contribution in [2.75, 3.05) is 6.61 Å². The zero-order chi connectivity index (χ0) is 13.7. The molecule has 3 rings (SSSR count). The molecule has 0 aromatic heterocycles. The standard InChI is InChI=1S/C16H26O3/c1-15(2)11-7-8-16(15,3)13(10-11)19-14(17)12-6-4-5-9-18-12/h11-13H,4-10H2,1-3H3. The Kier molecular flexibility index (Phi) is 3.16. The Morgan fingerprint density at radius 1 is 1.21 bits per heavy atom. The van der Waals surface area contributed by atoms with Gasteiger partial charge in [-0.2, -0.15) is 0 Å². The van der Waals surface area contributed by atoms with Crippen LogP contribution in [0.15, 0.2) is 0 Å². The van der Waals surface area contributed by atoms with E-state index in [9.17, 15) is 4.79 Å². The molecule has 3 heteroatoms. The molecule has 0 aromatic carbocycles. The maximum atomic E-state index is 12.2. The van der Waals surface area contributed by atoms with Crippen LogP contribution in [0, 0.1) is 16.7 Å². The first-order chi connectivity index (χ1) is 8.95. The highest BCUT2D eigenvalue weighted by Crippen LogP contribution is 2.66. The number of ether oxygens (including phenoxy) is 2. The second-order valence-corrected chi connectivity index (χ2v) is 7.39. The lowest BCUT2D eigenvalue weighted by molar-refractivity contribution is -0.172. The van der Waals surface area contributed by atoms with Gasteiger partial charge < -0.3 is 9.47 Å². The van der Waals surface area contributed by atoms with Gasteiger partial charge in [0.05, 0.1) is 0 Å². The lowest BCUT2D eigenvalue weighted by Crippen LogP contribution is -2.41. The van der Waals surface area contributed by atoms with Crippen LogP contribution in [0.3, 0.4) is 0 Å². The number of hydrogen-bond donors (Lipinski definition) is 0. The second-order valence-electron chi connectivity index (χ2n) is 7.39. The summed E-state index contributed by atoms with van der Waals surface area (Å²) in [5.74, 6) is 0.594. The minimum Gasteiger partial charge on any atom is -0.460 e. The van der Waals surface area contributed by atoms with E-state index in [4.69, 9.17) is 9.47 Å². The van der Waals surface area contributed by atoms with Crippen LogP contribution in [0.5, 0.6) is 0 Å². The maximum absolute atomic E-state index is 12.2. The summed E-state index contributed by atoms with van der Waals surface area (Å²) >= 11 is 0. The molecule has 108 valence electrons. The monoisotopic (exact) mass is 266 g/mol. The number of carbonyl (C=O) groups is 1. The fourth-order valence-electron chi connectivity index (χ4n) is 4.45. The van der Waals surface area contributed by atoms with Crippen LogP contribution >= 0.6 is 0 Å². The molecule has 1 saturated heterocycles. The third-order valence-electron chi connectivity index (χ3n) is 6.41. The second kappa shape index (κ2) is 4.47. The van der Waals surface area contributed by atoms with Crippen LogP contribution in [0.2, 0.25) is 0 Å². The van der Waals surface area contributed by atoms with Crippen molar-refractivity contribution in [3.63, 3.8) is 0 Å². The average molecular weight is 266 g/mol. The third-order valence-corrected chi connectivity index (χ3v) is 6.41. The van der Waals surface area contributed by atoms with E-state index in [1.165, 1.54) is 12.8 Å². The largest absolute Gasteiger partial charge is 0.460 e. The van der Waals surface area contributed by atoms with Crippen LogP contribution in [-0.2, 0) is 14.3 Å². The molecule has 19 heavy (non-hydrogen) atoms. The Hall–Kier alpha value is -0.570. The molecule has 1 aliphatic heterocycles. The smallest absolute Gasteiger partial charge is 0.335 e. The summed E-state index contributed by atoms with van der Waals surface area (Å²) in [6.07, 6.45) is 6.29. The van der Waals surface area contributed by atoms with Gasteiger partial charge in [-0.05, 0) is 49.9 Å². The molecule has 0 aromatic rings. The molecule has 2 saturated carbocycles. The normalized spacial score (nSPS) is 44.3. The third kappa shape index (κ3) is 1.93. The van der Waals surface area contributed by atoms with Crippen molar-refractivity contribution in [2.24, 2.45) is 16.7 Å². The van der Waals surface area contributed by atoms with Crippen molar-refractivity contribution < 1.29 is 14.3 Å². The SMILES string of the molecule is CC1(C)C2CCC1(C)C(OC(=O)C1CCCCO1)C2. The topological polar surface area (TPSA) is 35.5 Å². The van der Waals surface area contributed by atoms with Gasteiger partial charge in [0.1, 0.15) is 6.10 Å². The first kappa shape index (κ1) is 13.4. The van der Waals surface area contributed by atoms with Crippen molar-refractivity contribution in [1.82, 2.24) is 0 Å². The predicted octanol–water partition coefficient (Wildman–Crippen LogP) is 3.31. The van der Waals surface area contributed by atoms with Gasteiger partial charge >= 0.3 is 5.97 Å². The van der Waals surface area contributed by atoms with Crippen molar-refractivity contribution in [1.29, 1.82) is 0 Å². The molecule has 4 atom stereocenters. The van der Waals surface area contributed by atoms with E-state index in [1.54, 1.807) is 0 Å². The molecule has 0 spiro atoms. The number of rotatable bonds is 2. The minimum atomic E-state index is -0.306. The van der Waals surface area contributed by atoms with E-state index in [0.29, 0.717) is 17.9 Å². The van der Waals surface area contributed by atoms with Crippen molar-refractivity contribution in [3.05, 3.63) is 0 Å². The van der Waals surface area contributed by atoms with Gasteiger partial charge in [0, 0.05) is 12.0 Å². The van der Waals surface area contributed by atoms with Gasteiger partial charge in [-0.1, -0.05) is 20.8 Å². The van der Waals surface area contributed by atoms with E-state index in [1.807, 2.05) is 0 Å². The van der Waals surface area contributed by atoms with Crippen LogP contribution in [0.25, 0.3) is 0 Å². The molecule has 3 nitrogen and oxygen atoms in total. The molecular weight excluding hydrogens is 240 g/mol. The first-order valence-electron chi connectivity index (χ1n) is 7.77. The predicted molar refractivity (Wildman–Crippen MR) is 72.7 cm³/mol.